The first kappa shape index (κ1) is 64.2. The molecule has 432 valence electrons. The van der Waals surface area contributed by atoms with Gasteiger partial charge in [0.15, 0.2) is 0 Å². The minimum Gasteiger partial charge on any atom is -0.480 e. The zero-order chi connectivity index (χ0) is 57.8. The molecule has 2 aliphatic rings. The van der Waals surface area contributed by atoms with Crippen molar-refractivity contribution in [3.05, 3.63) is 71.8 Å². The molecule has 78 heavy (non-hydrogen) atoms. The lowest BCUT2D eigenvalue weighted by molar-refractivity contribution is -0.148. The van der Waals surface area contributed by atoms with Gasteiger partial charge in [-0.05, 0) is 91.6 Å². The van der Waals surface area contributed by atoms with Crippen molar-refractivity contribution < 1.29 is 48.3 Å². The summed E-state index contributed by atoms with van der Waals surface area (Å²) in [6, 6.07) is 10.7. The summed E-state index contributed by atoms with van der Waals surface area (Å²) in [5, 5.41) is 27.0. The van der Waals surface area contributed by atoms with Gasteiger partial charge in [-0.15, -0.1) is 0 Å². The molecule has 8 amide bonds. The van der Waals surface area contributed by atoms with Crippen molar-refractivity contribution >= 4 is 53.2 Å². The van der Waals surface area contributed by atoms with Gasteiger partial charge in [-0.1, -0.05) is 143 Å². The normalized spacial score (nSPS) is 18.9. The molecule has 0 radical (unpaired) electrons. The number of nitrogens with one attached hydrogen (secondary N) is 6. The smallest absolute Gasteiger partial charge is 0.326 e. The molecule has 19 nitrogen and oxygen atoms in total. The van der Waals surface area contributed by atoms with Gasteiger partial charge in [-0.2, -0.15) is 0 Å². The Morgan fingerprint density at radius 1 is 0.590 bits per heavy atom. The lowest BCUT2D eigenvalue weighted by atomic mass is 9.94. The molecule has 2 aromatic carbocycles. The Kier molecular flexibility index (Phi) is 25.7. The van der Waals surface area contributed by atoms with Crippen LogP contribution in [-0.4, -0.2) is 136 Å². The number of likely N-dealkylation sites (tertiary alicyclic amines) is 2. The van der Waals surface area contributed by atoms with Gasteiger partial charge in [0, 0.05) is 32.5 Å². The van der Waals surface area contributed by atoms with Crippen LogP contribution in [0.15, 0.2) is 60.7 Å². The van der Waals surface area contributed by atoms with Gasteiger partial charge >= 0.3 is 5.97 Å². The summed E-state index contributed by atoms with van der Waals surface area (Å²) in [4.78, 5) is 128. The highest BCUT2D eigenvalue weighted by Gasteiger charge is 2.45. The van der Waals surface area contributed by atoms with E-state index in [1.54, 1.807) is 13.8 Å². The van der Waals surface area contributed by atoms with E-state index in [1.165, 1.54) is 9.80 Å². The molecule has 2 aliphatic heterocycles. The molecule has 0 aromatic heterocycles. The van der Waals surface area contributed by atoms with Crippen molar-refractivity contribution in [1.29, 1.82) is 0 Å². The molecule has 0 spiro atoms. The topological polar surface area (TPSA) is 279 Å². The molecular formula is C59H91N9O10. The first-order valence-electron chi connectivity index (χ1n) is 28.4. The SMILES string of the molecule is CC[C@H](C)[C@H](N)C(=O)N[C@H](C(=O)N[C@@H](CC(C)C)C(=O)N[C@H](C(=O)N1CCC[C@H]1C(=O)N1CCC[C@H]1C(=O)N[C@@H](Cc1ccccc1)C(=O)NC[C@H](CC(=O)N[C@@H](CC(C)C)C(=O)O)Cc1ccccc1)C(C)C)[C@@H](C)CC. The molecule has 19 heteroatoms. The van der Waals surface area contributed by atoms with Crippen molar-refractivity contribution in [1.82, 2.24) is 41.7 Å². The van der Waals surface area contributed by atoms with Crippen LogP contribution in [0, 0.1) is 35.5 Å². The molecule has 0 bridgehead atoms. The molecule has 11 atom stereocenters. The molecular weight excluding hydrogens is 995 g/mol. The maximum absolute atomic E-state index is 14.7. The van der Waals surface area contributed by atoms with Crippen molar-refractivity contribution in [2.45, 2.75) is 188 Å². The minimum atomic E-state index is -1.13. The van der Waals surface area contributed by atoms with Crippen LogP contribution in [-0.2, 0) is 56.0 Å². The Balaban J connectivity index is 1.50. The van der Waals surface area contributed by atoms with Crippen LogP contribution in [0.25, 0.3) is 0 Å². The van der Waals surface area contributed by atoms with E-state index in [1.807, 2.05) is 116 Å². The summed E-state index contributed by atoms with van der Waals surface area (Å²) in [6.07, 6.45) is 3.85. The van der Waals surface area contributed by atoms with Crippen LogP contribution in [0.2, 0.25) is 0 Å². The standard InChI is InChI=1S/C59H91N9O10/c1-11-38(9)49(60)55(73)66-51(39(10)12-2)56(74)64-43(29-35(3)4)53(71)65-50(37(7)8)58(76)68-28-20-26-47(68)57(75)67-27-19-25-46(67)54(72)63-44(32-41-23-17-14-18-24-41)52(70)61-34-42(31-40-21-15-13-16-22-40)33-48(69)62-45(59(77)78)30-36(5)6/h13-18,21-24,35-39,42-47,49-51H,11-12,19-20,25-34,60H2,1-10H3,(H,61,70)(H,62,69)(H,63,72)(H,64,74)(H,65,71)(H,66,73)(H,77,78)/t38-,39-,42-,43-,44-,45-,46-,47-,49-,50-,51-/m0/s1. The third kappa shape index (κ3) is 19.2. The van der Waals surface area contributed by atoms with Gasteiger partial charge in [0.05, 0.1) is 6.04 Å². The van der Waals surface area contributed by atoms with E-state index in [4.69, 9.17) is 5.73 Å². The number of hydrogen-bond donors (Lipinski definition) is 8. The largest absolute Gasteiger partial charge is 0.480 e. The highest BCUT2D eigenvalue weighted by atomic mass is 16.4. The van der Waals surface area contributed by atoms with Crippen LogP contribution in [0.4, 0.5) is 0 Å². The van der Waals surface area contributed by atoms with E-state index in [0.717, 1.165) is 11.1 Å². The Labute approximate surface area is 462 Å². The van der Waals surface area contributed by atoms with E-state index < -0.39 is 113 Å². The zero-order valence-electron chi connectivity index (χ0n) is 47.8. The number of carboxylic acid groups (broad SMARTS) is 1. The number of rotatable bonds is 30. The second-order valence-electron chi connectivity index (χ2n) is 22.9. The van der Waals surface area contributed by atoms with E-state index in [0.29, 0.717) is 44.9 Å². The van der Waals surface area contributed by atoms with E-state index in [9.17, 15) is 48.3 Å². The fourth-order valence-electron chi connectivity index (χ4n) is 10.2. The van der Waals surface area contributed by atoms with Gasteiger partial charge < -0.3 is 52.5 Å². The van der Waals surface area contributed by atoms with Gasteiger partial charge in [-0.25, -0.2) is 4.79 Å². The van der Waals surface area contributed by atoms with Crippen molar-refractivity contribution in [2.24, 2.45) is 41.2 Å². The fourth-order valence-corrected chi connectivity index (χ4v) is 10.2. The van der Waals surface area contributed by atoms with E-state index in [-0.39, 0.29) is 69.0 Å². The summed E-state index contributed by atoms with van der Waals surface area (Å²) in [7, 11) is 0. The zero-order valence-corrected chi connectivity index (χ0v) is 47.8. The van der Waals surface area contributed by atoms with Crippen molar-refractivity contribution in [2.75, 3.05) is 19.6 Å². The molecule has 9 N–H and O–H groups in total. The number of nitrogens with two attached hydrogens (primary N) is 1. The number of aliphatic carboxylic acids is 1. The van der Waals surface area contributed by atoms with Crippen LogP contribution < -0.4 is 37.6 Å². The average Bonchev–Trinajstić information content (AvgIpc) is 4.12. The first-order valence-corrected chi connectivity index (χ1v) is 28.4. The van der Waals surface area contributed by atoms with Gasteiger partial charge in [0.2, 0.25) is 47.3 Å². The molecule has 2 heterocycles. The summed E-state index contributed by atoms with van der Waals surface area (Å²) in [5.41, 5.74) is 7.91. The summed E-state index contributed by atoms with van der Waals surface area (Å²) < 4.78 is 0. The van der Waals surface area contributed by atoms with Gasteiger partial charge in [0.1, 0.15) is 42.3 Å². The van der Waals surface area contributed by atoms with Crippen LogP contribution in [0.1, 0.15) is 138 Å². The molecule has 2 saturated heterocycles. The van der Waals surface area contributed by atoms with Gasteiger partial charge in [0.25, 0.3) is 0 Å². The number of nitrogens with zero attached hydrogens (tertiary/aromatic N) is 2. The quantitative estimate of drug-likeness (QED) is 0.0548. The maximum Gasteiger partial charge on any atom is 0.326 e. The molecule has 0 saturated carbocycles. The average molecular weight is 1090 g/mol. The van der Waals surface area contributed by atoms with E-state index >= 15 is 0 Å². The molecule has 2 fully saturated rings. The van der Waals surface area contributed by atoms with Crippen LogP contribution in [0.5, 0.6) is 0 Å². The molecule has 4 rings (SSSR count). The minimum absolute atomic E-state index is 0.0260. The first-order chi connectivity index (χ1) is 36.9. The fraction of sp³-hybridized carbons (Fsp3) is 0.644. The Morgan fingerprint density at radius 3 is 1.68 bits per heavy atom. The Hall–Kier alpha value is -6.37. The second kappa shape index (κ2) is 31.3. The summed E-state index contributed by atoms with van der Waals surface area (Å²) >= 11 is 0. The lowest BCUT2D eigenvalue weighted by Gasteiger charge is -2.35. The third-order valence-electron chi connectivity index (χ3n) is 15.2. The monoisotopic (exact) mass is 1090 g/mol. The Morgan fingerprint density at radius 2 is 1.13 bits per heavy atom. The summed E-state index contributed by atoms with van der Waals surface area (Å²) in [5.74, 6) is -6.35. The molecule has 2 aromatic rings. The van der Waals surface area contributed by atoms with Crippen molar-refractivity contribution in [3.8, 4) is 0 Å². The van der Waals surface area contributed by atoms with Crippen LogP contribution in [0.3, 0.4) is 0 Å². The second-order valence-corrected chi connectivity index (χ2v) is 22.9. The Bertz CT molecular complexity index is 2320. The lowest BCUT2D eigenvalue weighted by Crippen LogP contribution is -2.61. The highest BCUT2D eigenvalue weighted by Crippen LogP contribution is 2.27. The van der Waals surface area contributed by atoms with Crippen LogP contribution >= 0.6 is 0 Å². The summed E-state index contributed by atoms with van der Waals surface area (Å²) in [6.45, 7) is 19.2. The predicted octanol–water partition coefficient (Wildman–Crippen LogP) is 4.25. The number of hydrogen-bond acceptors (Lipinski definition) is 10. The number of benzene rings is 2. The predicted molar refractivity (Wildman–Crippen MR) is 299 cm³/mol. The van der Waals surface area contributed by atoms with E-state index in [2.05, 4.69) is 31.9 Å². The third-order valence-corrected chi connectivity index (χ3v) is 15.2. The molecule has 0 unspecified atom stereocenters. The number of carbonyl (C=O) groups is 9. The van der Waals surface area contributed by atoms with Crippen molar-refractivity contribution in [3.63, 3.8) is 0 Å². The maximum atomic E-state index is 14.7. The molecule has 0 aliphatic carbocycles. The highest BCUT2D eigenvalue weighted by molar-refractivity contribution is 5.98. The number of amides is 8. The number of carbonyl (C=O) groups excluding carboxylic acids is 8. The van der Waals surface area contributed by atoms with Gasteiger partial charge in [-0.3, -0.25) is 38.4 Å². The number of carboxylic acids is 1.